The number of hydrogen-bond acceptors (Lipinski definition) is 3. The standard InChI is InChI=1S/C15H18BrClN2O2/c1-9(2)15(4,8-18)19-14(20)10(3)21-13-6-5-11(16)7-12(13)17/h5-7,9-10H,1-4H3,(H,19,20)/t10-,15-/m1/s1. The first kappa shape index (κ1) is 17.8. The molecule has 114 valence electrons. The summed E-state index contributed by atoms with van der Waals surface area (Å²) >= 11 is 9.35. The molecule has 21 heavy (non-hydrogen) atoms. The monoisotopic (exact) mass is 372 g/mol. The number of amides is 1. The lowest BCUT2D eigenvalue weighted by Gasteiger charge is -2.28. The van der Waals surface area contributed by atoms with Gasteiger partial charge in [0.2, 0.25) is 0 Å². The Bertz CT molecular complexity index is 571. The smallest absolute Gasteiger partial charge is 0.262 e. The van der Waals surface area contributed by atoms with Crippen molar-refractivity contribution in [2.24, 2.45) is 5.92 Å². The number of halogens is 2. The molecule has 0 spiro atoms. The van der Waals surface area contributed by atoms with E-state index in [2.05, 4.69) is 27.3 Å². The molecule has 0 saturated heterocycles. The van der Waals surface area contributed by atoms with E-state index in [0.29, 0.717) is 10.8 Å². The Hall–Kier alpha value is -1.25. The number of carbonyl (C=O) groups is 1. The second-order valence-corrected chi connectivity index (χ2v) is 6.62. The predicted molar refractivity (Wildman–Crippen MR) is 86.2 cm³/mol. The molecule has 0 fully saturated rings. The highest BCUT2D eigenvalue weighted by molar-refractivity contribution is 9.10. The maximum absolute atomic E-state index is 12.2. The van der Waals surface area contributed by atoms with Crippen LogP contribution in [0.4, 0.5) is 0 Å². The van der Waals surface area contributed by atoms with Crippen LogP contribution < -0.4 is 10.1 Å². The quantitative estimate of drug-likeness (QED) is 0.850. The molecule has 0 heterocycles. The van der Waals surface area contributed by atoms with Crippen molar-refractivity contribution in [2.75, 3.05) is 0 Å². The Morgan fingerprint density at radius 2 is 2.10 bits per heavy atom. The van der Waals surface area contributed by atoms with Crippen LogP contribution in [0.3, 0.4) is 0 Å². The molecule has 0 saturated carbocycles. The largest absolute Gasteiger partial charge is 0.479 e. The molecule has 1 N–H and O–H groups in total. The van der Waals surface area contributed by atoms with Crippen molar-refractivity contribution >= 4 is 33.4 Å². The Labute approximate surface area is 138 Å². The van der Waals surface area contributed by atoms with Crippen molar-refractivity contribution < 1.29 is 9.53 Å². The van der Waals surface area contributed by atoms with Crippen LogP contribution in [-0.4, -0.2) is 17.6 Å². The predicted octanol–water partition coefficient (Wildman–Crippen LogP) is 3.92. The first-order valence-electron chi connectivity index (χ1n) is 6.54. The number of benzene rings is 1. The number of nitrogens with one attached hydrogen (secondary N) is 1. The second-order valence-electron chi connectivity index (χ2n) is 5.29. The number of nitrogens with zero attached hydrogens (tertiary/aromatic N) is 1. The van der Waals surface area contributed by atoms with E-state index >= 15 is 0 Å². The third-order valence-electron chi connectivity index (χ3n) is 3.34. The lowest BCUT2D eigenvalue weighted by molar-refractivity contribution is -0.128. The zero-order valence-corrected chi connectivity index (χ0v) is 14.7. The summed E-state index contributed by atoms with van der Waals surface area (Å²) in [5.74, 6) is 0.0485. The molecule has 0 radical (unpaired) electrons. The van der Waals surface area contributed by atoms with Gasteiger partial charge >= 0.3 is 0 Å². The van der Waals surface area contributed by atoms with Crippen molar-refractivity contribution in [1.82, 2.24) is 5.32 Å². The van der Waals surface area contributed by atoms with Crippen molar-refractivity contribution in [3.8, 4) is 11.8 Å². The Balaban J connectivity index is 2.78. The van der Waals surface area contributed by atoms with Crippen LogP contribution in [-0.2, 0) is 4.79 Å². The van der Waals surface area contributed by atoms with E-state index < -0.39 is 11.6 Å². The normalized spacial score (nSPS) is 15.0. The van der Waals surface area contributed by atoms with Crippen molar-refractivity contribution in [3.05, 3.63) is 27.7 Å². The van der Waals surface area contributed by atoms with Crippen LogP contribution in [0, 0.1) is 17.2 Å². The number of ether oxygens (including phenoxy) is 1. The molecule has 1 aromatic carbocycles. The topological polar surface area (TPSA) is 62.1 Å². The average molecular weight is 374 g/mol. The highest BCUT2D eigenvalue weighted by Crippen LogP contribution is 2.28. The van der Waals surface area contributed by atoms with Crippen LogP contribution in [0.15, 0.2) is 22.7 Å². The lowest BCUT2D eigenvalue weighted by atomic mass is 9.90. The van der Waals surface area contributed by atoms with Crippen LogP contribution in [0.5, 0.6) is 5.75 Å². The van der Waals surface area contributed by atoms with Gasteiger partial charge in [-0.1, -0.05) is 41.4 Å². The van der Waals surface area contributed by atoms with E-state index in [4.69, 9.17) is 16.3 Å². The highest BCUT2D eigenvalue weighted by Gasteiger charge is 2.32. The number of rotatable bonds is 5. The Morgan fingerprint density at radius 1 is 1.48 bits per heavy atom. The fraction of sp³-hybridized carbons (Fsp3) is 0.467. The molecule has 2 atom stereocenters. The fourth-order valence-electron chi connectivity index (χ4n) is 1.47. The van der Waals surface area contributed by atoms with Crippen LogP contribution >= 0.6 is 27.5 Å². The molecular weight excluding hydrogens is 356 g/mol. The molecule has 0 aromatic heterocycles. The van der Waals surface area contributed by atoms with Crippen LogP contribution in [0.25, 0.3) is 0 Å². The SMILES string of the molecule is CC(C)[C@@](C)(C#N)NC(=O)[C@@H](C)Oc1ccc(Br)cc1Cl. The molecule has 6 heteroatoms. The fourth-order valence-corrected chi connectivity index (χ4v) is 2.19. The summed E-state index contributed by atoms with van der Waals surface area (Å²) in [5, 5.41) is 12.3. The zero-order valence-electron chi connectivity index (χ0n) is 12.4. The molecule has 0 aliphatic carbocycles. The van der Waals surface area contributed by atoms with Gasteiger partial charge in [-0.3, -0.25) is 4.79 Å². The minimum absolute atomic E-state index is 0.0186. The van der Waals surface area contributed by atoms with Crippen molar-refractivity contribution in [3.63, 3.8) is 0 Å². The first-order valence-corrected chi connectivity index (χ1v) is 7.71. The van der Waals surface area contributed by atoms with E-state index in [0.717, 1.165) is 4.47 Å². The number of hydrogen-bond donors (Lipinski definition) is 1. The van der Waals surface area contributed by atoms with Gasteiger partial charge in [0.1, 0.15) is 11.3 Å². The van der Waals surface area contributed by atoms with E-state index in [9.17, 15) is 10.1 Å². The van der Waals surface area contributed by atoms with Gasteiger partial charge in [0, 0.05) is 4.47 Å². The molecule has 0 unspecified atom stereocenters. The summed E-state index contributed by atoms with van der Waals surface area (Å²) in [6.45, 7) is 7.06. The van der Waals surface area contributed by atoms with Crippen molar-refractivity contribution in [1.29, 1.82) is 5.26 Å². The van der Waals surface area contributed by atoms with Gasteiger partial charge in [0.15, 0.2) is 6.10 Å². The summed E-state index contributed by atoms with van der Waals surface area (Å²) in [4.78, 5) is 12.2. The molecule has 0 aliphatic heterocycles. The van der Waals surface area contributed by atoms with Gasteiger partial charge < -0.3 is 10.1 Å². The summed E-state index contributed by atoms with van der Waals surface area (Å²) in [6, 6.07) is 7.28. The molecule has 4 nitrogen and oxygen atoms in total. The zero-order chi connectivity index (χ0) is 16.2. The number of nitriles is 1. The van der Waals surface area contributed by atoms with E-state index in [1.165, 1.54) is 0 Å². The first-order chi connectivity index (χ1) is 9.69. The molecule has 1 rings (SSSR count). The van der Waals surface area contributed by atoms with Gasteiger partial charge in [-0.2, -0.15) is 5.26 Å². The van der Waals surface area contributed by atoms with Gasteiger partial charge in [0.25, 0.3) is 5.91 Å². The molecular formula is C15H18BrClN2O2. The minimum Gasteiger partial charge on any atom is -0.479 e. The average Bonchev–Trinajstić information content (AvgIpc) is 2.41. The summed E-state index contributed by atoms with van der Waals surface area (Å²) in [6.07, 6.45) is -0.755. The Morgan fingerprint density at radius 3 is 2.57 bits per heavy atom. The summed E-state index contributed by atoms with van der Waals surface area (Å²) in [7, 11) is 0. The van der Waals surface area contributed by atoms with Crippen molar-refractivity contribution in [2.45, 2.75) is 39.3 Å². The third-order valence-corrected chi connectivity index (χ3v) is 4.13. The third kappa shape index (κ3) is 4.62. The summed E-state index contributed by atoms with van der Waals surface area (Å²) < 4.78 is 6.39. The minimum atomic E-state index is -0.932. The number of carbonyl (C=O) groups excluding carboxylic acids is 1. The maximum atomic E-state index is 12.2. The highest BCUT2D eigenvalue weighted by atomic mass is 79.9. The van der Waals surface area contributed by atoms with Crippen LogP contribution in [0.1, 0.15) is 27.7 Å². The second kappa shape index (κ2) is 7.15. The van der Waals surface area contributed by atoms with Crippen LogP contribution in [0.2, 0.25) is 5.02 Å². The van der Waals surface area contributed by atoms with Gasteiger partial charge in [-0.15, -0.1) is 0 Å². The van der Waals surface area contributed by atoms with Gasteiger partial charge in [-0.25, -0.2) is 0 Å². The van der Waals surface area contributed by atoms with E-state index in [-0.39, 0.29) is 11.8 Å². The Kier molecular flexibility index (Phi) is 6.06. The molecule has 0 bridgehead atoms. The summed E-state index contributed by atoms with van der Waals surface area (Å²) in [5.41, 5.74) is -0.932. The lowest BCUT2D eigenvalue weighted by Crippen LogP contribution is -2.52. The molecule has 1 aromatic rings. The maximum Gasteiger partial charge on any atom is 0.262 e. The molecule has 1 amide bonds. The molecule has 0 aliphatic rings. The van der Waals surface area contributed by atoms with E-state index in [1.807, 2.05) is 13.8 Å². The van der Waals surface area contributed by atoms with E-state index in [1.54, 1.807) is 32.0 Å². The van der Waals surface area contributed by atoms with Gasteiger partial charge in [0.05, 0.1) is 11.1 Å². The van der Waals surface area contributed by atoms with Gasteiger partial charge in [-0.05, 0) is 38.0 Å².